The molecule has 1 unspecified atom stereocenters. The number of thiazole rings is 1. The fourth-order valence-corrected chi connectivity index (χ4v) is 3.85. The third-order valence-electron chi connectivity index (χ3n) is 4.63. The van der Waals surface area contributed by atoms with Crippen molar-refractivity contribution >= 4 is 28.3 Å². The smallest absolute Gasteiger partial charge is 0.243 e. The normalized spacial score (nSPS) is 16.7. The van der Waals surface area contributed by atoms with Gasteiger partial charge in [0.25, 0.3) is 0 Å². The molecule has 7 heteroatoms. The van der Waals surface area contributed by atoms with Gasteiger partial charge in [-0.05, 0) is 37.8 Å². The minimum Gasteiger partial charge on any atom is -0.356 e. The van der Waals surface area contributed by atoms with Crippen molar-refractivity contribution in [2.75, 3.05) is 18.4 Å². The molecule has 1 saturated heterocycles. The molecule has 1 aliphatic heterocycles. The van der Waals surface area contributed by atoms with E-state index in [1.807, 2.05) is 5.38 Å². The largest absolute Gasteiger partial charge is 0.356 e. The van der Waals surface area contributed by atoms with E-state index in [2.05, 4.69) is 45.2 Å². The van der Waals surface area contributed by atoms with Crippen LogP contribution in [0.2, 0.25) is 0 Å². The summed E-state index contributed by atoms with van der Waals surface area (Å²) >= 11 is 1.45. The number of anilines is 1. The maximum atomic E-state index is 12.3. The van der Waals surface area contributed by atoms with E-state index in [0.717, 1.165) is 49.9 Å². The first-order valence-electron chi connectivity index (χ1n) is 9.45. The summed E-state index contributed by atoms with van der Waals surface area (Å²) in [5.74, 6) is 0.0150. The van der Waals surface area contributed by atoms with Crippen LogP contribution in [-0.4, -0.2) is 35.9 Å². The van der Waals surface area contributed by atoms with E-state index in [1.54, 1.807) is 0 Å². The molecule has 3 rings (SSSR count). The summed E-state index contributed by atoms with van der Waals surface area (Å²) in [4.78, 5) is 27.7. The van der Waals surface area contributed by atoms with E-state index < -0.39 is 0 Å². The molecule has 2 heterocycles. The SMILES string of the molecule is CC(=O)NCCCc1ccc(-c2csc(NC(=O)C3CCCCN3)n2)cc1. The van der Waals surface area contributed by atoms with Gasteiger partial charge in [-0.3, -0.25) is 9.59 Å². The maximum Gasteiger partial charge on any atom is 0.243 e. The first-order valence-corrected chi connectivity index (χ1v) is 10.3. The standard InChI is InChI=1S/C20H26N4O2S/c1-14(25)21-12-4-5-15-7-9-16(10-8-15)18-13-27-20(23-18)24-19(26)17-6-2-3-11-22-17/h7-10,13,17,22H,2-6,11-12H2,1H3,(H,21,25)(H,23,24,26). The number of benzene rings is 1. The molecule has 144 valence electrons. The van der Waals surface area contributed by atoms with Gasteiger partial charge in [0.1, 0.15) is 0 Å². The van der Waals surface area contributed by atoms with Gasteiger partial charge >= 0.3 is 0 Å². The molecule has 0 aliphatic carbocycles. The Kier molecular flexibility index (Phi) is 6.95. The lowest BCUT2D eigenvalue weighted by atomic mass is 10.0. The number of carbonyl (C=O) groups is 2. The van der Waals surface area contributed by atoms with E-state index in [9.17, 15) is 9.59 Å². The van der Waals surface area contributed by atoms with E-state index in [4.69, 9.17) is 0 Å². The van der Waals surface area contributed by atoms with Crippen LogP contribution in [0.3, 0.4) is 0 Å². The summed E-state index contributed by atoms with van der Waals surface area (Å²) < 4.78 is 0. The molecule has 3 N–H and O–H groups in total. The van der Waals surface area contributed by atoms with Crippen molar-refractivity contribution in [2.45, 2.75) is 45.1 Å². The molecular weight excluding hydrogens is 360 g/mol. The number of rotatable bonds is 7. The average Bonchev–Trinajstić information content (AvgIpc) is 3.15. The van der Waals surface area contributed by atoms with E-state index in [1.165, 1.54) is 23.8 Å². The Labute approximate surface area is 163 Å². The van der Waals surface area contributed by atoms with Crippen molar-refractivity contribution < 1.29 is 9.59 Å². The summed E-state index contributed by atoms with van der Waals surface area (Å²) in [5, 5.41) is 11.6. The highest BCUT2D eigenvalue weighted by molar-refractivity contribution is 7.14. The number of aromatic nitrogens is 1. The Balaban J connectivity index is 1.52. The highest BCUT2D eigenvalue weighted by Crippen LogP contribution is 2.25. The summed E-state index contributed by atoms with van der Waals surface area (Å²) in [5.41, 5.74) is 3.14. The number of amides is 2. The van der Waals surface area contributed by atoms with Crippen LogP contribution in [0.25, 0.3) is 11.3 Å². The zero-order valence-corrected chi connectivity index (χ0v) is 16.4. The van der Waals surface area contributed by atoms with Crippen molar-refractivity contribution in [1.82, 2.24) is 15.6 Å². The first-order chi connectivity index (χ1) is 13.1. The molecule has 0 radical (unpaired) electrons. The molecule has 2 aromatic rings. The predicted octanol–water partition coefficient (Wildman–Crippen LogP) is 2.96. The number of piperidine rings is 1. The lowest BCUT2D eigenvalue weighted by molar-refractivity contribution is -0.119. The van der Waals surface area contributed by atoms with Crippen LogP contribution >= 0.6 is 11.3 Å². The summed E-state index contributed by atoms with van der Waals surface area (Å²) in [7, 11) is 0. The number of hydrogen-bond donors (Lipinski definition) is 3. The van der Waals surface area contributed by atoms with Gasteiger partial charge in [0.2, 0.25) is 11.8 Å². The number of nitrogens with one attached hydrogen (secondary N) is 3. The van der Waals surface area contributed by atoms with Gasteiger partial charge in [0.15, 0.2) is 5.13 Å². The molecule has 27 heavy (non-hydrogen) atoms. The topological polar surface area (TPSA) is 83.1 Å². The first kappa shape index (κ1) is 19.5. The van der Waals surface area contributed by atoms with Crippen LogP contribution in [0.5, 0.6) is 0 Å². The second-order valence-corrected chi connectivity index (χ2v) is 7.67. The Bertz CT molecular complexity index is 767. The van der Waals surface area contributed by atoms with Crippen molar-refractivity contribution in [3.63, 3.8) is 0 Å². The zero-order chi connectivity index (χ0) is 19.1. The van der Waals surface area contributed by atoms with Crippen LogP contribution < -0.4 is 16.0 Å². The van der Waals surface area contributed by atoms with Gasteiger partial charge in [0.05, 0.1) is 11.7 Å². The van der Waals surface area contributed by atoms with Gasteiger partial charge in [-0.15, -0.1) is 11.3 Å². The molecular formula is C20H26N4O2S. The van der Waals surface area contributed by atoms with Gasteiger partial charge < -0.3 is 16.0 Å². The molecule has 1 aliphatic rings. The zero-order valence-electron chi connectivity index (χ0n) is 15.6. The molecule has 1 fully saturated rings. The lowest BCUT2D eigenvalue weighted by Gasteiger charge is -2.21. The van der Waals surface area contributed by atoms with Crippen LogP contribution in [0.1, 0.15) is 38.2 Å². The fraction of sp³-hybridized carbons (Fsp3) is 0.450. The second kappa shape index (κ2) is 9.62. The number of aryl methyl sites for hydroxylation is 1. The van der Waals surface area contributed by atoms with Crippen LogP contribution in [0.4, 0.5) is 5.13 Å². The number of hydrogen-bond acceptors (Lipinski definition) is 5. The van der Waals surface area contributed by atoms with Crippen molar-refractivity contribution in [1.29, 1.82) is 0 Å². The number of carbonyl (C=O) groups excluding carboxylic acids is 2. The Hall–Kier alpha value is -2.25. The van der Waals surface area contributed by atoms with Gasteiger partial charge in [-0.1, -0.05) is 30.7 Å². The second-order valence-electron chi connectivity index (χ2n) is 6.81. The van der Waals surface area contributed by atoms with E-state index in [-0.39, 0.29) is 17.9 Å². The Morgan fingerprint density at radius 1 is 1.26 bits per heavy atom. The third-order valence-corrected chi connectivity index (χ3v) is 5.38. The quantitative estimate of drug-likeness (QED) is 0.639. The molecule has 1 aromatic heterocycles. The van der Waals surface area contributed by atoms with Gasteiger partial charge in [0, 0.05) is 24.4 Å². The molecule has 6 nitrogen and oxygen atoms in total. The van der Waals surface area contributed by atoms with Gasteiger partial charge in [-0.2, -0.15) is 0 Å². The summed E-state index contributed by atoms with van der Waals surface area (Å²) in [6.07, 6.45) is 4.95. The van der Waals surface area contributed by atoms with Crippen molar-refractivity contribution in [2.24, 2.45) is 0 Å². The Morgan fingerprint density at radius 3 is 2.78 bits per heavy atom. The monoisotopic (exact) mass is 386 g/mol. The minimum atomic E-state index is -0.108. The maximum absolute atomic E-state index is 12.3. The number of nitrogens with zero attached hydrogens (tertiary/aromatic N) is 1. The van der Waals surface area contributed by atoms with Crippen LogP contribution in [0.15, 0.2) is 29.6 Å². The summed E-state index contributed by atoms with van der Waals surface area (Å²) in [6, 6.07) is 8.18. The van der Waals surface area contributed by atoms with Crippen LogP contribution in [0, 0.1) is 0 Å². The molecule has 1 atom stereocenters. The minimum absolute atomic E-state index is 0.00474. The highest BCUT2D eigenvalue weighted by atomic mass is 32.1. The van der Waals surface area contributed by atoms with Crippen LogP contribution in [-0.2, 0) is 16.0 Å². The molecule has 0 bridgehead atoms. The highest BCUT2D eigenvalue weighted by Gasteiger charge is 2.21. The van der Waals surface area contributed by atoms with E-state index in [0.29, 0.717) is 11.7 Å². The molecule has 2 amide bonds. The Morgan fingerprint density at radius 2 is 2.07 bits per heavy atom. The van der Waals surface area contributed by atoms with Crippen molar-refractivity contribution in [3.05, 3.63) is 35.2 Å². The summed E-state index contributed by atoms with van der Waals surface area (Å²) in [6.45, 7) is 3.13. The molecule has 1 aromatic carbocycles. The third kappa shape index (κ3) is 5.87. The molecule has 0 saturated carbocycles. The van der Waals surface area contributed by atoms with Crippen molar-refractivity contribution in [3.8, 4) is 11.3 Å². The van der Waals surface area contributed by atoms with Gasteiger partial charge in [-0.25, -0.2) is 4.98 Å². The average molecular weight is 387 g/mol. The molecule has 0 spiro atoms. The predicted molar refractivity (Wildman–Crippen MR) is 109 cm³/mol. The fourth-order valence-electron chi connectivity index (χ4n) is 3.13. The van der Waals surface area contributed by atoms with E-state index >= 15 is 0 Å². The lowest BCUT2D eigenvalue weighted by Crippen LogP contribution is -2.43.